The molecular formula is C24H36FN5O3. The monoisotopic (exact) mass is 461 g/mol. The number of halogens is 1. The predicted molar refractivity (Wildman–Crippen MR) is 123 cm³/mol. The minimum Gasteiger partial charge on any atom is -0.494 e. The lowest BCUT2D eigenvalue weighted by Gasteiger charge is -2.42. The number of hydrogen-bond donors (Lipinski definition) is 4. The molecule has 33 heavy (non-hydrogen) atoms. The number of nitrogens with zero attached hydrogens (tertiary/aromatic N) is 1. The van der Waals surface area contributed by atoms with Crippen LogP contribution in [0.25, 0.3) is 0 Å². The van der Waals surface area contributed by atoms with Crippen LogP contribution in [0.1, 0.15) is 38.5 Å². The number of nitrogens with one attached hydrogen (secondary N) is 4. The van der Waals surface area contributed by atoms with Gasteiger partial charge in [0, 0.05) is 38.1 Å². The molecule has 9 heteroatoms. The van der Waals surface area contributed by atoms with Gasteiger partial charge >= 0.3 is 0 Å². The third kappa shape index (κ3) is 6.02. The third-order valence-electron chi connectivity index (χ3n) is 7.30. The van der Waals surface area contributed by atoms with Gasteiger partial charge in [-0.15, -0.1) is 0 Å². The molecule has 1 saturated carbocycles. The number of likely N-dealkylation sites (N-methyl/N-ethyl adjacent to an activating group) is 1. The molecule has 2 amide bonds. The molecule has 4 rings (SSSR count). The fraction of sp³-hybridized carbons (Fsp3) is 0.667. The van der Waals surface area contributed by atoms with Gasteiger partial charge in [0.25, 0.3) is 0 Å². The largest absolute Gasteiger partial charge is 0.494 e. The van der Waals surface area contributed by atoms with E-state index in [2.05, 4.69) is 26.4 Å². The highest BCUT2D eigenvalue weighted by atomic mass is 19.1. The number of ether oxygens (including phenoxy) is 1. The van der Waals surface area contributed by atoms with Crippen molar-refractivity contribution >= 4 is 11.8 Å². The Morgan fingerprint density at radius 1 is 1.15 bits per heavy atom. The van der Waals surface area contributed by atoms with Crippen LogP contribution >= 0.6 is 0 Å². The average Bonchev–Trinajstić information content (AvgIpc) is 3.28. The molecule has 1 aliphatic carbocycles. The second-order valence-corrected chi connectivity index (χ2v) is 9.40. The lowest BCUT2D eigenvalue weighted by atomic mass is 9.78. The standard InChI is InChI=1S/C24H36FN5O3/c1-26-24(32)22-20-10-7-18(14-21(20)28-29-22)30-12-2-4-16(15-30)23(31)27-11-3-13-33-19-8-5-17(25)6-9-19/h5-6,8-9,16,18,20-22,28-29H,2-4,7,10-15H2,1H3,(H,26,32)(H,27,31). The highest BCUT2D eigenvalue weighted by Crippen LogP contribution is 2.34. The van der Waals surface area contributed by atoms with Crippen molar-refractivity contribution in [3.8, 4) is 5.75 Å². The predicted octanol–water partition coefficient (Wildman–Crippen LogP) is 1.18. The fourth-order valence-electron chi connectivity index (χ4n) is 5.49. The topological polar surface area (TPSA) is 94.7 Å². The Balaban J connectivity index is 1.17. The number of hydrogen-bond acceptors (Lipinski definition) is 6. The van der Waals surface area contributed by atoms with Gasteiger partial charge in [0.15, 0.2) is 0 Å². The number of fused-ring (bicyclic) bond motifs is 1. The minimum atomic E-state index is -0.284. The van der Waals surface area contributed by atoms with E-state index in [0.717, 1.165) is 45.2 Å². The van der Waals surface area contributed by atoms with Crippen molar-refractivity contribution in [1.29, 1.82) is 0 Å². The maximum Gasteiger partial charge on any atom is 0.238 e. The molecule has 3 fully saturated rings. The zero-order valence-electron chi connectivity index (χ0n) is 19.3. The fourth-order valence-corrected chi connectivity index (χ4v) is 5.49. The van der Waals surface area contributed by atoms with Crippen LogP contribution in [-0.4, -0.2) is 68.1 Å². The Labute approximate surface area is 195 Å². The van der Waals surface area contributed by atoms with E-state index in [-0.39, 0.29) is 29.6 Å². The van der Waals surface area contributed by atoms with E-state index in [1.807, 2.05) is 0 Å². The second-order valence-electron chi connectivity index (χ2n) is 9.40. The van der Waals surface area contributed by atoms with Crippen molar-refractivity contribution in [3.63, 3.8) is 0 Å². The summed E-state index contributed by atoms with van der Waals surface area (Å²) < 4.78 is 18.5. The van der Waals surface area contributed by atoms with Gasteiger partial charge < -0.3 is 15.4 Å². The van der Waals surface area contributed by atoms with E-state index < -0.39 is 0 Å². The van der Waals surface area contributed by atoms with Gasteiger partial charge in [0.05, 0.1) is 12.5 Å². The van der Waals surface area contributed by atoms with Gasteiger partial charge in [-0.1, -0.05) is 0 Å². The molecule has 1 aromatic carbocycles. The Hall–Kier alpha value is -2.23. The first-order valence-corrected chi connectivity index (χ1v) is 12.2. The molecule has 5 unspecified atom stereocenters. The minimum absolute atomic E-state index is 0.0165. The van der Waals surface area contributed by atoms with Crippen LogP contribution in [0, 0.1) is 17.7 Å². The average molecular weight is 462 g/mol. The van der Waals surface area contributed by atoms with Gasteiger partial charge in [-0.25, -0.2) is 9.82 Å². The van der Waals surface area contributed by atoms with E-state index in [4.69, 9.17) is 4.74 Å². The van der Waals surface area contributed by atoms with Crippen LogP contribution in [0.3, 0.4) is 0 Å². The number of rotatable bonds is 8. The van der Waals surface area contributed by atoms with Crippen molar-refractivity contribution in [2.45, 2.75) is 56.7 Å². The molecule has 3 aliphatic rings. The molecule has 5 atom stereocenters. The van der Waals surface area contributed by atoms with Crippen molar-refractivity contribution in [2.24, 2.45) is 11.8 Å². The van der Waals surface area contributed by atoms with Gasteiger partial charge in [-0.3, -0.25) is 19.9 Å². The molecule has 0 bridgehead atoms. The first-order valence-electron chi connectivity index (χ1n) is 12.2. The van der Waals surface area contributed by atoms with Gasteiger partial charge in [0.1, 0.15) is 17.6 Å². The summed E-state index contributed by atoms with van der Waals surface area (Å²) in [5, 5.41) is 5.81. The summed E-state index contributed by atoms with van der Waals surface area (Å²) in [6.07, 6.45) is 5.73. The molecule has 2 heterocycles. The normalized spacial score (nSPS) is 29.8. The summed E-state index contributed by atoms with van der Waals surface area (Å²) in [6, 6.07) is 6.54. The number of carbonyl (C=O) groups excluding carboxylic acids is 2. The van der Waals surface area contributed by atoms with Gasteiger partial charge in [0.2, 0.25) is 11.8 Å². The van der Waals surface area contributed by atoms with Crippen molar-refractivity contribution in [1.82, 2.24) is 26.4 Å². The van der Waals surface area contributed by atoms with E-state index in [1.165, 1.54) is 12.1 Å². The molecule has 8 nitrogen and oxygen atoms in total. The van der Waals surface area contributed by atoms with Crippen LogP contribution in [0.2, 0.25) is 0 Å². The zero-order chi connectivity index (χ0) is 23.2. The molecule has 0 aromatic heterocycles. The lowest BCUT2D eigenvalue weighted by molar-refractivity contribution is -0.127. The highest BCUT2D eigenvalue weighted by Gasteiger charge is 2.44. The summed E-state index contributed by atoms with van der Waals surface area (Å²) in [6.45, 7) is 2.88. The van der Waals surface area contributed by atoms with E-state index >= 15 is 0 Å². The molecule has 0 radical (unpaired) electrons. The first-order chi connectivity index (χ1) is 16.0. The summed E-state index contributed by atoms with van der Waals surface area (Å²) in [7, 11) is 1.68. The molecule has 2 saturated heterocycles. The Bertz CT molecular complexity index is 808. The lowest BCUT2D eigenvalue weighted by Crippen LogP contribution is -2.51. The number of benzene rings is 1. The summed E-state index contributed by atoms with van der Waals surface area (Å²) in [5.41, 5.74) is 6.51. The van der Waals surface area contributed by atoms with Gasteiger partial charge in [-0.2, -0.15) is 0 Å². The number of likely N-dealkylation sites (tertiary alicyclic amines) is 1. The van der Waals surface area contributed by atoms with Crippen molar-refractivity contribution in [2.75, 3.05) is 33.3 Å². The van der Waals surface area contributed by atoms with Crippen molar-refractivity contribution in [3.05, 3.63) is 30.1 Å². The first kappa shape index (κ1) is 23.9. The Morgan fingerprint density at radius 2 is 1.97 bits per heavy atom. The maximum absolute atomic E-state index is 12.9. The van der Waals surface area contributed by atoms with Crippen LogP contribution in [0.4, 0.5) is 4.39 Å². The number of hydrazine groups is 1. The van der Waals surface area contributed by atoms with E-state index in [9.17, 15) is 14.0 Å². The van der Waals surface area contributed by atoms with E-state index in [1.54, 1.807) is 19.2 Å². The highest BCUT2D eigenvalue weighted by molar-refractivity contribution is 5.82. The SMILES string of the molecule is CNC(=O)C1NNC2CC(N3CCCC(C(=O)NCCCOc4ccc(F)cc4)C3)CCC21. The van der Waals surface area contributed by atoms with E-state index in [0.29, 0.717) is 43.3 Å². The summed E-state index contributed by atoms with van der Waals surface area (Å²) >= 11 is 0. The van der Waals surface area contributed by atoms with Crippen LogP contribution < -0.4 is 26.2 Å². The number of carbonyl (C=O) groups is 2. The maximum atomic E-state index is 12.9. The number of piperidine rings is 1. The molecule has 1 aromatic rings. The summed E-state index contributed by atoms with van der Waals surface area (Å²) in [4.78, 5) is 27.3. The van der Waals surface area contributed by atoms with Crippen LogP contribution in [-0.2, 0) is 9.59 Å². The zero-order valence-corrected chi connectivity index (χ0v) is 19.3. The Morgan fingerprint density at radius 3 is 2.76 bits per heavy atom. The molecular weight excluding hydrogens is 425 g/mol. The Kier molecular flexibility index (Phi) is 8.16. The van der Waals surface area contributed by atoms with Crippen LogP contribution in [0.15, 0.2) is 24.3 Å². The smallest absolute Gasteiger partial charge is 0.238 e. The second kappa shape index (κ2) is 11.3. The van der Waals surface area contributed by atoms with Crippen LogP contribution in [0.5, 0.6) is 5.75 Å². The molecule has 182 valence electrons. The third-order valence-corrected chi connectivity index (χ3v) is 7.30. The van der Waals surface area contributed by atoms with Crippen molar-refractivity contribution < 1.29 is 18.7 Å². The molecule has 2 aliphatic heterocycles. The molecule has 0 spiro atoms. The molecule has 4 N–H and O–H groups in total. The number of amides is 2. The quantitative estimate of drug-likeness (QED) is 0.435. The van der Waals surface area contributed by atoms with Gasteiger partial charge in [-0.05, 0) is 69.3 Å². The summed E-state index contributed by atoms with van der Waals surface area (Å²) in [5.74, 6) is 0.856.